The topological polar surface area (TPSA) is 64.6 Å². The minimum Gasteiger partial charge on any atom is -0.493 e. The highest BCUT2D eigenvalue weighted by Crippen LogP contribution is 2.31. The first-order valence-corrected chi connectivity index (χ1v) is 5.26. The van der Waals surface area contributed by atoms with Crippen LogP contribution in [-0.4, -0.2) is 26.1 Å². The molecule has 1 amide bonds. The number of methoxy groups -OCH3 is 1. The Morgan fingerprint density at radius 3 is 2.76 bits per heavy atom. The average molecular weight is 258 g/mol. The number of hydrogen-bond donors (Lipinski definition) is 1. The van der Waals surface area contributed by atoms with E-state index in [2.05, 4.69) is 10.1 Å². The van der Waals surface area contributed by atoms with Crippen LogP contribution in [0.4, 0.5) is 5.69 Å². The molecule has 1 aromatic carbocycles. The molecule has 1 N–H and O–H groups in total. The molecule has 92 valence electrons. The van der Waals surface area contributed by atoms with E-state index < -0.39 is 5.97 Å². The van der Waals surface area contributed by atoms with Crippen molar-refractivity contribution >= 4 is 29.7 Å². The molecule has 0 bridgehead atoms. The summed E-state index contributed by atoms with van der Waals surface area (Å²) in [5, 5.41) is 2.65. The molecule has 0 aliphatic heterocycles. The maximum absolute atomic E-state index is 11.5. The maximum atomic E-state index is 11.5. The minimum atomic E-state index is -0.548. The van der Waals surface area contributed by atoms with Crippen LogP contribution in [-0.2, 0) is 9.53 Å². The van der Waals surface area contributed by atoms with Gasteiger partial charge < -0.3 is 14.8 Å². The van der Waals surface area contributed by atoms with Gasteiger partial charge in [-0.05, 0) is 13.0 Å². The lowest BCUT2D eigenvalue weighted by molar-refractivity contribution is -0.105. The quantitative estimate of drug-likeness (QED) is 0.648. The first-order chi connectivity index (χ1) is 8.13. The van der Waals surface area contributed by atoms with E-state index in [0.29, 0.717) is 24.5 Å². The van der Waals surface area contributed by atoms with Crippen molar-refractivity contribution in [2.24, 2.45) is 0 Å². The number of anilines is 1. The molecule has 0 saturated carbocycles. The number of esters is 1. The van der Waals surface area contributed by atoms with Gasteiger partial charge in [0.1, 0.15) is 11.3 Å². The largest absolute Gasteiger partial charge is 0.493 e. The maximum Gasteiger partial charge on any atom is 0.341 e. The van der Waals surface area contributed by atoms with E-state index in [1.54, 1.807) is 6.92 Å². The van der Waals surface area contributed by atoms with Crippen LogP contribution in [0.15, 0.2) is 12.1 Å². The summed E-state index contributed by atoms with van der Waals surface area (Å²) in [4.78, 5) is 21.8. The zero-order chi connectivity index (χ0) is 12.8. The summed E-state index contributed by atoms with van der Waals surface area (Å²) in [6.45, 7) is 2.16. The Labute approximate surface area is 104 Å². The molecular formula is C11H12ClNO4. The van der Waals surface area contributed by atoms with E-state index in [4.69, 9.17) is 16.3 Å². The Bertz CT molecular complexity index is 434. The fourth-order valence-corrected chi connectivity index (χ4v) is 1.49. The van der Waals surface area contributed by atoms with Gasteiger partial charge in [0, 0.05) is 6.07 Å². The molecule has 0 heterocycles. The second-order valence-electron chi connectivity index (χ2n) is 3.01. The average Bonchev–Trinajstić information content (AvgIpc) is 2.32. The van der Waals surface area contributed by atoms with Crippen molar-refractivity contribution < 1.29 is 19.1 Å². The molecule has 0 aliphatic carbocycles. The van der Waals surface area contributed by atoms with E-state index in [-0.39, 0.29) is 10.6 Å². The van der Waals surface area contributed by atoms with Gasteiger partial charge in [-0.1, -0.05) is 11.6 Å². The molecule has 6 heteroatoms. The third-order valence-electron chi connectivity index (χ3n) is 1.99. The molecule has 0 unspecified atom stereocenters. The van der Waals surface area contributed by atoms with Gasteiger partial charge in [-0.2, -0.15) is 0 Å². The van der Waals surface area contributed by atoms with Crippen LogP contribution in [0.1, 0.15) is 17.3 Å². The SMILES string of the molecule is CCOc1cc(NC=O)c(Cl)cc1C(=O)OC. The molecule has 0 spiro atoms. The van der Waals surface area contributed by atoms with Gasteiger partial charge in [-0.25, -0.2) is 4.79 Å². The standard InChI is InChI=1S/C11H12ClNO4/c1-3-17-10-5-9(13-6-14)8(12)4-7(10)11(15)16-2/h4-6H,3H2,1-2H3,(H,13,14). The van der Waals surface area contributed by atoms with E-state index in [1.165, 1.54) is 19.2 Å². The number of halogens is 1. The molecule has 0 aliphatic rings. The van der Waals surface area contributed by atoms with Gasteiger partial charge in [-0.3, -0.25) is 4.79 Å². The lowest BCUT2D eigenvalue weighted by Gasteiger charge is -2.11. The number of carbonyl (C=O) groups excluding carboxylic acids is 2. The third kappa shape index (κ3) is 3.10. The van der Waals surface area contributed by atoms with Crippen LogP contribution in [0.3, 0.4) is 0 Å². The highest BCUT2D eigenvalue weighted by molar-refractivity contribution is 6.34. The number of benzene rings is 1. The number of hydrogen-bond acceptors (Lipinski definition) is 4. The highest BCUT2D eigenvalue weighted by Gasteiger charge is 2.16. The Morgan fingerprint density at radius 1 is 1.53 bits per heavy atom. The van der Waals surface area contributed by atoms with Crippen LogP contribution < -0.4 is 10.1 Å². The van der Waals surface area contributed by atoms with Crippen molar-refractivity contribution in [1.82, 2.24) is 0 Å². The zero-order valence-electron chi connectivity index (χ0n) is 9.45. The summed E-state index contributed by atoms with van der Waals surface area (Å²) in [7, 11) is 1.27. The number of carbonyl (C=O) groups is 2. The zero-order valence-corrected chi connectivity index (χ0v) is 10.2. The summed E-state index contributed by atoms with van der Waals surface area (Å²) < 4.78 is 9.90. The fraction of sp³-hybridized carbons (Fsp3) is 0.273. The van der Waals surface area contributed by atoms with Crippen LogP contribution in [0.25, 0.3) is 0 Å². The van der Waals surface area contributed by atoms with Gasteiger partial charge in [0.25, 0.3) is 0 Å². The smallest absolute Gasteiger partial charge is 0.341 e. The lowest BCUT2D eigenvalue weighted by atomic mass is 10.2. The van der Waals surface area contributed by atoms with Crippen LogP contribution in [0.2, 0.25) is 5.02 Å². The van der Waals surface area contributed by atoms with Crippen molar-refractivity contribution in [2.75, 3.05) is 19.0 Å². The van der Waals surface area contributed by atoms with E-state index in [1.807, 2.05) is 0 Å². The molecule has 0 aromatic heterocycles. The van der Waals surface area contributed by atoms with Gasteiger partial charge in [0.2, 0.25) is 6.41 Å². The highest BCUT2D eigenvalue weighted by atomic mass is 35.5. The van der Waals surface area contributed by atoms with Gasteiger partial charge in [-0.15, -0.1) is 0 Å². The number of nitrogens with one attached hydrogen (secondary N) is 1. The molecule has 0 atom stereocenters. The normalized spacial score (nSPS) is 9.59. The fourth-order valence-electron chi connectivity index (χ4n) is 1.27. The monoisotopic (exact) mass is 257 g/mol. The van der Waals surface area contributed by atoms with Crippen molar-refractivity contribution in [3.05, 3.63) is 22.7 Å². The Balaban J connectivity index is 3.24. The second-order valence-corrected chi connectivity index (χ2v) is 3.42. The molecule has 1 rings (SSSR count). The molecular weight excluding hydrogens is 246 g/mol. The molecule has 1 aromatic rings. The number of amides is 1. The Morgan fingerprint density at radius 2 is 2.24 bits per heavy atom. The summed E-state index contributed by atoms with van der Waals surface area (Å²) in [6.07, 6.45) is 0.495. The van der Waals surface area contributed by atoms with Crippen molar-refractivity contribution in [3.8, 4) is 5.75 Å². The predicted octanol–water partition coefficient (Wildman–Crippen LogP) is 2.09. The van der Waals surface area contributed by atoms with Crippen LogP contribution in [0.5, 0.6) is 5.75 Å². The van der Waals surface area contributed by atoms with E-state index in [9.17, 15) is 9.59 Å². The van der Waals surface area contributed by atoms with Gasteiger partial charge in [0.15, 0.2) is 0 Å². The third-order valence-corrected chi connectivity index (χ3v) is 2.30. The van der Waals surface area contributed by atoms with Crippen molar-refractivity contribution in [2.45, 2.75) is 6.92 Å². The summed E-state index contributed by atoms with van der Waals surface area (Å²) in [6, 6.07) is 2.87. The summed E-state index contributed by atoms with van der Waals surface area (Å²) in [5.41, 5.74) is 0.591. The van der Waals surface area contributed by atoms with Crippen LogP contribution >= 0.6 is 11.6 Å². The lowest BCUT2D eigenvalue weighted by Crippen LogP contribution is -2.07. The molecule has 0 radical (unpaired) electrons. The predicted molar refractivity (Wildman–Crippen MR) is 63.6 cm³/mol. The minimum absolute atomic E-state index is 0.218. The first-order valence-electron chi connectivity index (χ1n) is 4.88. The second kappa shape index (κ2) is 6.10. The van der Waals surface area contributed by atoms with E-state index in [0.717, 1.165) is 0 Å². The first kappa shape index (κ1) is 13.3. The summed E-state index contributed by atoms with van der Waals surface area (Å²) >= 11 is 5.90. The summed E-state index contributed by atoms with van der Waals surface area (Å²) in [5.74, 6) is -0.235. The number of ether oxygens (including phenoxy) is 2. The Hall–Kier alpha value is -1.75. The van der Waals surface area contributed by atoms with Crippen molar-refractivity contribution in [1.29, 1.82) is 0 Å². The van der Waals surface area contributed by atoms with E-state index >= 15 is 0 Å². The number of rotatable bonds is 5. The van der Waals surface area contributed by atoms with Gasteiger partial charge in [0.05, 0.1) is 24.4 Å². The molecule has 17 heavy (non-hydrogen) atoms. The van der Waals surface area contributed by atoms with Gasteiger partial charge >= 0.3 is 5.97 Å². The molecule has 5 nitrogen and oxygen atoms in total. The Kier molecular flexibility index (Phi) is 4.78. The van der Waals surface area contributed by atoms with Crippen LogP contribution in [0, 0.1) is 0 Å². The molecule has 0 saturated heterocycles. The van der Waals surface area contributed by atoms with Crippen molar-refractivity contribution in [3.63, 3.8) is 0 Å². The molecule has 0 fully saturated rings.